The van der Waals surface area contributed by atoms with E-state index >= 15 is 0 Å². The summed E-state index contributed by atoms with van der Waals surface area (Å²) in [7, 11) is 0. The zero-order valence-corrected chi connectivity index (χ0v) is 29.5. The molecule has 1 N–H and O–H groups in total. The third-order valence-corrected chi connectivity index (χ3v) is 9.44. The van der Waals surface area contributed by atoms with Gasteiger partial charge in [-0.05, 0) is 103 Å². The quantitative estimate of drug-likeness (QED) is 0.222. The minimum Gasteiger partial charge on any atom is -0.490 e. The van der Waals surface area contributed by atoms with Crippen molar-refractivity contribution in [3.05, 3.63) is 77.0 Å². The number of ether oxygens (including phenoxy) is 3. The number of hydrogen-bond acceptors (Lipinski definition) is 7. The number of carboxylic acids is 1. The summed E-state index contributed by atoms with van der Waals surface area (Å²) in [4.78, 5) is 20.0. The van der Waals surface area contributed by atoms with Gasteiger partial charge in [0, 0.05) is 42.4 Å². The fourth-order valence-electron chi connectivity index (χ4n) is 6.62. The monoisotopic (exact) mass is 652 g/mol. The highest BCUT2D eigenvalue weighted by Crippen LogP contribution is 2.40. The van der Waals surface area contributed by atoms with E-state index in [1.807, 2.05) is 50.4 Å². The van der Waals surface area contributed by atoms with E-state index in [-0.39, 0.29) is 11.7 Å². The molecule has 48 heavy (non-hydrogen) atoms. The lowest BCUT2D eigenvalue weighted by Gasteiger charge is -2.41. The molecule has 0 amide bonds. The normalized spacial score (nSPS) is 21.5. The van der Waals surface area contributed by atoms with Crippen LogP contribution < -0.4 is 9.64 Å². The third-order valence-electron chi connectivity index (χ3n) is 9.44. The van der Waals surface area contributed by atoms with Gasteiger partial charge < -0.3 is 24.2 Å². The Kier molecular flexibility index (Phi) is 9.13. The van der Waals surface area contributed by atoms with Crippen molar-refractivity contribution in [2.45, 2.75) is 98.1 Å². The summed E-state index contributed by atoms with van der Waals surface area (Å²) in [5.41, 5.74) is 6.85. The Bertz CT molecular complexity index is 1860. The third kappa shape index (κ3) is 6.98. The zero-order valence-electron chi connectivity index (χ0n) is 29.5. The van der Waals surface area contributed by atoms with E-state index in [1.165, 1.54) is 11.1 Å². The number of aromatic nitrogens is 3. The fourth-order valence-corrected chi connectivity index (χ4v) is 6.62. The molecule has 6 bridgehead atoms. The van der Waals surface area contributed by atoms with Crippen molar-refractivity contribution < 1.29 is 24.1 Å². The van der Waals surface area contributed by atoms with E-state index in [0.717, 1.165) is 47.4 Å². The van der Waals surface area contributed by atoms with Crippen LogP contribution in [0, 0.1) is 20.8 Å². The van der Waals surface area contributed by atoms with E-state index in [2.05, 4.69) is 69.0 Å². The second kappa shape index (κ2) is 13.0. The van der Waals surface area contributed by atoms with Crippen molar-refractivity contribution in [1.82, 2.24) is 14.6 Å². The lowest BCUT2D eigenvalue weighted by molar-refractivity contribution is -0.160. The Morgan fingerprint density at radius 1 is 1.04 bits per heavy atom. The van der Waals surface area contributed by atoms with Crippen LogP contribution in [0.3, 0.4) is 0 Å². The number of benzene rings is 2. The maximum Gasteiger partial charge on any atom is 0.337 e. The largest absolute Gasteiger partial charge is 0.490 e. The predicted octanol–water partition coefficient (Wildman–Crippen LogP) is 8.03. The Labute approximate surface area is 283 Å². The number of anilines is 1. The van der Waals surface area contributed by atoms with E-state index in [1.54, 1.807) is 0 Å². The first-order chi connectivity index (χ1) is 22.7. The molecular weight excluding hydrogens is 604 g/mol. The van der Waals surface area contributed by atoms with Crippen molar-refractivity contribution in [2.75, 3.05) is 24.6 Å². The molecule has 0 spiro atoms. The molecule has 0 saturated carbocycles. The molecule has 4 aromatic rings. The average molecular weight is 653 g/mol. The number of aryl methyl sites for hydroxylation is 3. The highest BCUT2D eigenvalue weighted by Gasteiger charge is 2.37. The number of rotatable bonds is 3. The molecule has 2 atom stereocenters. The van der Waals surface area contributed by atoms with Gasteiger partial charge in [-0.2, -0.15) is 9.61 Å². The molecule has 2 aromatic heterocycles. The number of carbonyl (C=O) groups is 1. The smallest absolute Gasteiger partial charge is 0.337 e. The SMILES string of the molecule is Cc1cc2c(cc1C)-c1cccc(c1)-c1cc3nc(C)c([C@H](OC(C)(C)C)C(=O)O)c(n3n1)N1CCC(C)(CC1)OC/C=C/C[C@H](C)O2. The molecule has 254 valence electrons. The number of aliphatic carboxylic acids is 1. The Balaban J connectivity index is 1.55. The van der Waals surface area contributed by atoms with E-state index < -0.39 is 17.7 Å². The first-order valence-electron chi connectivity index (χ1n) is 16.9. The molecule has 2 aromatic carbocycles. The van der Waals surface area contributed by atoms with Crippen LogP contribution in [0.4, 0.5) is 5.82 Å². The first kappa shape index (κ1) is 33.7. The molecular formula is C39H48N4O5. The lowest BCUT2D eigenvalue weighted by Crippen LogP contribution is -2.45. The van der Waals surface area contributed by atoms with Crippen LogP contribution in [0.1, 0.15) is 82.4 Å². The van der Waals surface area contributed by atoms with Crippen LogP contribution in [0.15, 0.2) is 54.6 Å². The molecule has 3 aliphatic heterocycles. The Morgan fingerprint density at radius 3 is 2.46 bits per heavy atom. The molecule has 0 aliphatic carbocycles. The van der Waals surface area contributed by atoms with Gasteiger partial charge in [0.1, 0.15) is 11.6 Å². The van der Waals surface area contributed by atoms with Gasteiger partial charge in [-0.1, -0.05) is 30.4 Å². The van der Waals surface area contributed by atoms with Gasteiger partial charge in [-0.3, -0.25) is 0 Å². The molecule has 9 heteroatoms. The van der Waals surface area contributed by atoms with Gasteiger partial charge in [-0.15, -0.1) is 0 Å². The number of carboxylic acid groups (broad SMARTS) is 1. The summed E-state index contributed by atoms with van der Waals surface area (Å²) in [6.07, 6.45) is 5.28. The molecule has 0 radical (unpaired) electrons. The maximum atomic E-state index is 12.8. The number of nitrogens with zero attached hydrogens (tertiary/aromatic N) is 4. The number of fused-ring (bicyclic) bond motifs is 7. The van der Waals surface area contributed by atoms with Crippen LogP contribution >= 0.6 is 0 Å². The summed E-state index contributed by atoms with van der Waals surface area (Å²) in [5, 5.41) is 15.6. The predicted molar refractivity (Wildman–Crippen MR) is 189 cm³/mol. The highest BCUT2D eigenvalue weighted by atomic mass is 16.5. The molecule has 5 heterocycles. The lowest BCUT2D eigenvalue weighted by atomic mass is 9.92. The second-order valence-corrected chi connectivity index (χ2v) is 14.6. The van der Waals surface area contributed by atoms with Crippen LogP contribution in [0.5, 0.6) is 5.75 Å². The summed E-state index contributed by atoms with van der Waals surface area (Å²) < 4.78 is 21.0. The Morgan fingerprint density at radius 2 is 1.75 bits per heavy atom. The van der Waals surface area contributed by atoms with Crippen LogP contribution in [-0.2, 0) is 14.3 Å². The van der Waals surface area contributed by atoms with Gasteiger partial charge in [0.15, 0.2) is 11.8 Å². The van der Waals surface area contributed by atoms with Crippen molar-refractivity contribution in [3.63, 3.8) is 0 Å². The van der Waals surface area contributed by atoms with Gasteiger partial charge >= 0.3 is 5.97 Å². The van der Waals surface area contributed by atoms with Gasteiger partial charge in [0.05, 0.1) is 35.2 Å². The van der Waals surface area contributed by atoms with Crippen LogP contribution in [0.2, 0.25) is 0 Å². The van der Waals surface area contributed by atoms with Crippen LogP contribution in [-0.4, -0.2) is 62.7 Å². The summed E-state index contributed by atoms with van der Waals surface area (Å²) >= 11 is 0. The molecule has 3 aliphatic rings. The second-order valence-electron chi connectivity index (χ2n) is 14.6. The molecule has 1 saturated heterocycles. The molecule has 1 fully saturated rings. The molecule has 0 unspecified atom stereocenters. The standard InChI is InChI=1S/C39H48N4O5/c1-24-20-30-28-13-11-14-29(22-28)31-23-33-40-27(4)34(35(37(44)45)48-38(5,6)7)36(43(33)41-31)42-17-15-39(8,16-18-42)46-19-10-9-12-26(3)47-32(30)21-25(24)2/h9-11,13-14,20-23,26,35H,12,15-19H2,1-8H3,(H,44,45)/b10-9+/t26-,35-/m0/s1. The average Bonchev–Trinajstić information content (AvgIpc) is 3.44. The Hall–Kier alpha value is -4.21. The summed E-state index contributed by atoms with van der Waals surface area (Å²) in [6, 6.07) is 14.6. The van der Waals surface area contributed by atoms with Crippen molar-refractivity contribution in [1.29, 1.82) is 0 Å². The van der Waals surface area contributed by atoms with Gasteiger partial charge in [0.25, 0.3) is 0 Å². The van der Waals surface area contributed by atoms with Crippen molar-refractivity contribution >= 4 is 17.4 Å². The molecule has 9 nitrogen and oxygen atoms in total. The maximum absolute atomic E-state index is 12.8. The first-order valence-corrected chi connectivity index (χ1v) is 16.9. The van der Waals surface area contributed by atoms with Gasteiger partial charge in [-0.25, -0.2) is 9.78 Å². The summed E-state index contributed by atoms with van der Waals surface area (Å²) in [5.74, 6) is 0.485. The fraction of sp³-hybridized carbons (Fsp3) is 0.462. The van der Waals surface area contributed by atoms with E-state index in [0.29, 0.717) is 42.4 Å². The highest BCUT2D eigenvalue weighted by molar-refractivity contribution is 5.80. The minimum atomic E-state index is -1.22. The number of hydrogen-bond donors (Lipinski definition) is 1. The topological polar surface area (TPSA) is 98.4 Å². The zero-order chi connectivity index (χ0) is 34.4. The summed E-state index contributed by atoms with van der Waals surface area (Å²) in [6.45, 7) is 17.8. The van der Waals surface area contributed by atoms with E-state index in [4.69, 9.17) is 24.3 Å². The molecule has 7 rings (SSSR count). The van der Waals surface area contributed by atoms with Gasteiger partial charge in [0.2, 0.25) is 0 Å². The van der Waals surface area contributed by atoms with Crippen molar-refractivity contribution in [2.24, 2.45) is 0 Å². The minimum absolute atomic E-state index is 0.0213. The van der Waals surface area contributed by atoms with Crippen LogP contribution in [0.25, 0.3) is 28.0 Å². The van der Waals surface area contributed by atoms with Crippen molar-refractivity contribution in [3.8, 4) is 28.1 Å². The number of piperidine rings is 1. The van der Waals surface area contributed by atoms with E-state index in [9.17, 15) is 9.90 Å².